The number of carbonyl (C=O) groups is 2. The molecule has 0 saturated carbocycles. The summed E-state index contributed by atoms with van der Waals surface area (Å²) in [6.45, 7) is 2.88. The van der Waals surface area contributed by atoms with Crippen LogP contribution in [0.3, 0.4) is 0 Å². The number of nitrogens with zero attached hydrogens (tertiary/aromatic N) is 3. The molecule has 11 heteroatoms. The number of ether oxygens (including phenoxy) is 1. The quantitative estimate of drug-likeness (QED) is 0.209. The molecule has 0 radical (unpaired) electrons. The number of rotatable bonds is 10. The van der Waals surface area contributed by atoms with E-state index in [0.717, 1.165) is 36.9 Å². The standard InChI is InChI=1S/C28H28ClN5O3S2/c1-2-34-23(16-37-20-14-12-18(29)13-15-20)32-33-28(34)38-17-24(35)31-27-25(21-10-6-7-11-22(21)39-27)26(36)30-19-8-4-3-5-9-19/h3-5,8-9,12-15H,2,6-7,10-11,16-17H2,1H3,(H,30,36)(H,31,35). The largest absolute Gasteiger partial charge is 0.486 e. The Labute approximate surface area is 240 Å². The zero-order valence-electron chi connectivity index (χ0n) is 21.4. The first-order chi connectivity index (χ1) is 19.0. The molecular formula is C28H28ClN5O3S2. The SMILES string of the molecule is CCn1c(COc2ccc(Cl)cc2)nnc1SCC(=O)Nc1sc2c(c1C(=O)Nc1ccccc1)CCCC2. The van der Waals surface area contributed by atoms with Crippen molar-refractivity contribution in [1.29, 1.82) is 0 Å². The number of carbonyl (C=O) groups excluding carboxylic acids is 2. The molecule has 2 N–H and O–H groups in total. The van der Waals surface area contributed by atoms with Crippen LogP contribution < -0.4 is 15.4 Å². The van der Waals surface area contributed by atoms with Crippen LogP contribution in [0.25, 0.3) is 0 Å². The maximum absolute atomic E-state index is 13.3. The molecule has 1 aliphatic carbocycles. The van der Waals surface area contributed by atoms with Crippen LogP contribution in [0.4, 0.5) is 10.7 Å². The second kappa shape index (κ2) is 12.7. The minimum absolute atomic E-state index is 0.137. The Kier molecular flexibility index (Phi) is 8.85. The topological polar surface area (TPSA) is 98.1 Å². The van der Waals surface area contributed by atoms with Gasteiger partial charge in [0, 0.05) is 22.1 Å². The van der Waals surface area contributed by atoms with Gasteiger partial charge < -0.3 is 19.9 Å². The first kappa shape index (κ1) is 27.2. The number of halogens is 1. The van der Waals surface area contributed by atoms with Crippen molar-refractivity contribution in [2.75, 3.05) is 16.4 Å². The van der Waals surface area contributed by atoms with Crippen LogP contribution in [-0.2, 0) is 30.8 Å². The molecule has 2 aromatic carbocycles. The van der Waals surface area contributed by atoms with Crippen molar-refractivity contribution >= 4 is 57.2 Å². The van der Waals surface area contributed by atoms with Crippen LogP contribution in [0.5, 0.6) is 5.75 Å². The number of thiophene rings is 1. The first-order valence-corrected chi connectivity index (χ1v) is 14.9. The third-order valence-electron chi connectivity index (χ3n) is 6.31. The molecule has 1 aliphatic rings. The summed E-state index contributed by atoms with van der Waals surface area (Å²) in [6, 6.07) is 16.5. The number of amides is 2. The second-order valence-electron chi connectivity index (χ2n) is 8.96. The highest BCUT2D eigenvalue weighted by atomic mass is 35.5. The van der Waals surface area contributed by atoms with E-state index >= 15 is 0 Å². The number of thioether (sulfide) groups is 1. The smallest absolute Gasteiger partial charge is 0.258 e. The molecule has 202 valence electrons. The number of hydrogen-bond donors (Lipinski definition) is 2. The van der Waals surface area contributed by atoms with Crippen LogP contribution in [0.1, 0.15) is 46.4 Å². The van der Waals surface area contributed by atoms with Crippen LogP contribution in [0.2, 0.25) is 5.02 Å². The number of benzene rings is 2. The highest BCUT2D eigenvalue weighted by Gasteiger charge is 2.26. The van der Waals surface area contributed by atoms with Crippen molar-refractivity contribution in [2.24, 2.45) is 0 Å². The van der Waals surface area contributed by atoms with Crippen molar-refractivity contribution in [3.8, 4) is 5.75 Å². The average Bonchev–Trinajstić information content (AvgIpc) is 3.52. The zero-order valence-corrected chi connectivity index (χ0v) is 23.8. The van der Waals surface area contributed by atoms with E-state index in [9.17, 15) is 9.59 Å². The second-order valence-corrected chi connectivity index (χ2v) is 11.4. The molecule has 0 aliphatic heterocycles. The molecule has 2 amide bonds. The number of aryl methyl sites for hydroxylation is 1. The summed E-state index contributed by atoms with van der Waals surface area (Å²) >= 11 is 8.75. The highest BCUT2D eigenvalue weighted by molar-refractivity contribution is 7.99. The monoisotopic (exact) mass is 581 g/mol. The Balaban J connectivity index is 1.24. The molecule has 0 bridgehead atoms. The molecule has 39 heavy (non-hydrogen) atoms. The summed E-state index contributed by atoms with van der Waals surface area (Å²) < 4.78 is 7.75. The highest BCUT2D eigenvalue weighted by Crippen LogP contribution is 2.38. The summed E-state index contributed by atoms with van der Waals surface area (Å²) in [5, 5.41) is 16.4. The fourth-order valence-corrected chi connectivity index (χ4v) is 6.68. The molecule has 4 aromatic rings. The minimum atomic E-state index is -0.197. The lowest BCUT2D eigenvalue weighted by Crippen LogP contribution is -2.19. The molecule has 0 saturated heterocycles. The van der Waals surface area contributed by atoms with Gasteiger partial charge in [-0.15, -0.1) is 21.5 Å². The molecule has 0 atom stereocenters. The lowest BCUT2D eigenvalue weighted by Gasteiger charge is -2.13. The molecule has 8 nitrogen and oxygen atoms in total. The van der Waals surface area contributed by atoms with Gasteiger partial charge in [0.05, 0.1) is 11.3 Å². The summed E-state index contributed by atoms with van der Waals surface area (Å²) in [5.41, 5.74) is 2.36. The fourth-order valence-electron chi connectivity index (χ4n) is 4.43. The molecule has 0 spiro atoms. The van der Waals surface area contributed by atoms with Gasteiger partial charge in [0.2, 0.25) is 5.91 Å². The molecule has 2 heterocycles. The van der Waals surface area contributed by atoms with Crippen molar-refractivity contribution in [3.05, 3.63) is 81.4 Å². The van der Waals surface area contributed by atoms with E-state index < -0.39 is 0 Å². The van der Waals surface area contributed by atoms with Gasteiger partial charge in [-0.3, -0.25) is 9.59 Å². The van der Waals surface area contributed by atoms with Gasteiger partial charge in [-0.2, -0.15) is 0 Å². The number of nitrogens with one attached hydrogen (secondary N) is 2. The van der Waals surface area contributed by atoms with Gasteiger partial charge in [0.15, 0.2) is 11.0 Å². The van der Waals surface area contributed by atoms with Crippen molar-refractivity contribution in [1.82, 2.24) is 14.8 Å². The van der Waals surface area contributed by atoms with Gasteiger partial charge in [-0.1, -0.05) is 41.6 Å². The normalized spacial score (nSPS) is 12.6. The van der Waals surface area contributed by atoms with E-state index in [4.69, 9.17) is 16.3 Å². The summed E-state index contributed by atoms with van der Waals surface area (Å²) in [6.07, 6.45) is 3.90. The third-order valence-corrected chi connectivity index (χ3v) is 8.73. The maximum Gasteiger partial charge on any atom is 0.258 e. The van der Waals surface area contributed by atoms with E-state index in [1.54, 1.807) is 24.3 Å². The van der Waals surface area contributed by atoms with Gasteiger partial charge in [0.1, 0.15) is 17.4 Å². The number of hydrogen-bond acceptors (Lipinski definition) is 7. The van der Waals surface area contributed by atoms with E-state index in [1.165, 1.54) is 28.0 Å². The van der Waals surface area contributed by atoms with E-state index in [2.05, 4.69) is 20.8 Å². The summed E-state index contributed by atoms with van der Waals surface area (Å²) in [4.78, 5) is 27.5. The molecule has 5 rings (SSSR count). The number of para-hydroxylation sites is 1. The molecule has 2 aromatic heterocycles. The van der Waals surface area contributed by atoms with Crippen LogP contribution >= 0.6 is 34.7 Å². The Bertz CT molecular complexity index is 1450. The Morgan fingerprint density at radius 2 is 1.82 bits per heavy atom. The molecule has 0 unspecified atom stereocenters. The average molecular weight is 582 g/mol. The zero-order chi connectivity index (χ0) is 27.2. The predicted octanol–water partition coefficient (Wildman–Crippen LogP) is 6.45. The Morgan fingerprint density at radius 1 is 1.05 bits per heavy atom. The van der Waals surface area contributed by atoms with Gasteiger partial charge in [-0.25, -0.2) is 0 Å². The van der Waals surface area contributed by atoms with Crippen molar-refractivity contribution in [3.63, 3.8) is 0 Å². The maximum atomic E-state index is 13.3. The number of anilines is 2. The lowest BCUT2D eigenvalue weighted by atomic mass is 9.95. The van der Waals surface area contributed by atoms with Gasteiger partial charge in [0.25, 0.3) is 5.91 Å². The van der Waals surface area contributed by atoms with Crippen LogP contribution in [0.15, 0.2) is 59.8 Å². The van der Waals surface area contributed by atoms with Crippen molar-refractivity contribution < 1.29 is 14.3 Å². The first-order valence-electron chi connectivity index (χ1n) is 12.8. The number of aromatic nitrogens is 3. The summed E-state index contributed by atoms with van der Waals surface area (Å²) in [7, 11) is 0. The Hall–Kier alpha value is -3.34. The minimum Gasteiger partial charge on any atom is -0.486 e. The van der Waals surface area contributed by atoms with Crippen LogP contribution in [0, 0.1) is 0 Å². The van der Waals surface area contributed by atoms with Gasteiger partial charge in [-0.05, 0) is 74.6 Å². The van der Waals surface area contributed by atoms with Gasteiger partial charge >= 0.3 is 0 Å². The number of fused-ring (bicyclic) bond motifs is 1. The molecular weight excluding hydrogens is 554 g/mol. The fraction of sp³-hybridized carbons (Fsp3) is 0.286. The third kappa shape index (κ3) is 6.63. The Morgan fingerprint density at radius 3 is 2.59 bits per heavy atom. The van der Waals surface area contributed by atoms with Crippen molar-refractivity contribution in [2.45, 2.75) is 50.9 Å². The van der Waals surface area contributed by atoms with E-state index in [1.807, 2.05) is 41.8 Å². The van der Waals surface area contributed by atoms with E-state index in [0.29, 0.717) is 38.9 Å². The predicted molar refractivity (Wildman–Crippen MR) is 156 cm³/mol. The van der Waals surface area contributed by atoms with Crippen LogP contribution in [-0.4, -0.2) is 32.3 Å². The molecule has 0 fully saturated rings. The summed E-state index contributed by atoms with van der Waals surface area (Å²) in [5.74, 6) is 1.10. The lowest BCUT2D eigenvalue weighted by molar-refractivity contribution is -0.113. The van der Waals surface area contributed by atoms with E-state index in [-0.39, 0.29) is 24.2 Å².